The lowest BCUT2D eigenvalue weighted by Gasteiger charge is -2.10. The number of carbonyl (C=O) groups excluding carboxylic acids is 1. The van der Waals surface area contributed by atoms with Gasteiger partial charge in [0.15, 0.2) is 0 Å². The Bertz CT molecular complexity index is 699. The predicted molar refractivity (Wildman–Crippen MR) is 91.3 cm³/mol. The lowest BCUT2D eigenvalue weighted by molar-refractivity contribution is 0.0960. The van der Waals surface area contributed by atoms with Crippen LogP contribution >= 0.6 is 23.2 Å². The molecule has 1 N–H and O–H groups in total. The van der Waals surface area contributed by atoms with E-state index in [2.05, 4.69) is 5.32 Å². The van der Waals surface area contributed by atoms with Gasteiger partial charge in [-0.25, -0.2) is 0 Å². The highest BCUT2D eigenvalue weighted by Crippen LogP contribution is 2.25. The summed E-state index contributed by atoms with van der Waals surface area (Å²) in [6, 6.07) is 12.2. The summed E-state index contributed by atoms with van der Waals surface area (Å²) in [4.78, 5) is 12.4. The summed E-state index contributed by atoms with van der Waals surface area (Å²) in [5.41, 5.74) is 1.20. The Kier molecular flexibility index (Phi) is 6.00. The van der Waals surface area contributed by atoms with Crippen molar-refractivity contribution in [2.24, 2.45) is 0 Å². The molecule has 0 aliphatic heterocycles. The molecule has 2 rings (SSSR count). The van der Waals surface area contributed by atoms with Crippen LogP contribution in [0.1, 0.15) is 15.9 Å². The third-order valence-electron chi connectivity index (χ3n) is 3.20. The Morgan fingerprint density at radius 1 is 1.09 bits per heavy atom. The van der Waals surface area contributed by atoms with E-state index in [0.717, 1.165) is 5.56 Å². The fraction of sp³-hybridized carbons (Fsp3) is 0.188. The SMILES string of the molecule is CNC(=O)c1ccccc1S(=O)CCc1c(Cl)cccc1Cl. The number of amides is 1. The quantitative estimate of drug-likeness (QED) is 0.888. The van der Waals surface area contributed by atoms with E-state index in [0.29, 0.717) is 32.7 Å². The average molecular weight is 356 g/mol. The largest absolute Gasteiger partial charge is 0.355 e. The average Bonchev–Trinajstić information content (AvgIpc) is 2.53. The predicted octanol–water partition coefficient (Wildman–Crippen LogP) is 3.70. The van der Waals surface area contributed by atoms with E-state index in [1.54, 1.807) is 49.5 Å². The summed E-state index contributed by atoms with van der Waals surface area (Å²) >= 11 is 12.2. The van der Waals surface area contributed by atoms with Crippen molar-refractivity contribution >= 4 is 39.9 Å². The minimum Gasteiger partial charge on any atom is -0.355 e. The molecule has 0 spiro atoms. The van der Waals surface area contributed by atoms with Crippen LogP contribution in [-0.4, -0.2) is 22.9 Å². The van der Waals surface area contributed by atoms with E-state index in [1.165, 1.54) is 0 Å². The standard InChI is InChI=1S/C16H15Cl2NO2S/c1-19-16(20)12-5-2-3-8-15(12)22(21)10-9-11-13(17)6-4-7-14(11)18/h2-8H,9-10H2,1H3,(H,19,20). The number of carbonyl (C=O) groups is 1. The van der Waals surface area contributed by atoms with E-state index >= 15 is 0 Å². The molecule has 0 saturated carbocycles. The molecule has 0 aromatic heterocycles. The van der Waals surface area contributed by atoms with Gasteiger partial charge in [-0.3, -0.25) is 9.00 Å². The molecule has 2 aromatic rings. The van der Waals surface area contributed by atoms with E-state index in [9.17, 15) is 9.00 Å². The van der Waals surface area contributed by atoms with Crippen LogP contribution < -0.4 is 5.32 Å². The van der Waals surface area contributed by atoms with Crippen molar-refractivity contribution in [1.29, 1.82) is 0 Å². The molecule has 22 heavy (non-hydrogen) atoms. The maximum absolute atomic E-state index is 12.5. The van der Waals surface area contributed by atoms with Crippen molar-refractivity contribution in [3.63, 3.8) is 0 Å². The summed E-state index contributed by atoms with van der Waals surface area (Å²) in [6.07, 6.45) is 0.479. The van der Waals surface area contributed by atoms with E-state index < -0.39 is 10.8 Å². The molecule has 1 amide bonds. The van der Waals surface area contributed by atoms with Crippen LogP contribution in [0.25, 0.3) is 0 Å². The molecule has 116 valence electrons. The minimum atomic E-state index is -1.31. The third-order valence-corrected chi connectivity index (χ3v) is 5.33. The molecule has 0 radical (unpaired) electrons. The van der Waals surface area contributed by atoms with Gasteiger partial charge in [-0.05, 0) is 36.2 Å². The molecule has 1 unspecified atom stereocenters. The normalized spacial score (nSPS) is 12.0. The van der Waals surface area contributed by atoms with Crippen molar-refractivity contribution in [2.45, 2.75) is 11.3 Å². The van der Waals surface area contributed by atoms with Crippen LogP contribution in [0.15, 0.2) is 47.4 Å². The monoisotopic (exact) mass is 355 g/mol. The summed E-state index contributed by atoms with van der Waals surface area (Å²) in [5.74, 6) is 0.0944. The van der Waals surface area contributed by atoms with Gasteiger partial charge in [-0.2, -0.15) is 0 Å². The lowest BCUT2D eigenvalue weighted by atomic mass is 10.2. The number of halogens is 2. The van der Waals surface area contributed by atoms with E-state index in [-0.39, 0.29) is 5.91 Å². The number of nitrogens with one attached hydrogen (secondary N) is 1. The van der Waals surface area contributed by atoms with Crippen LogP contribution in [-0.2, 0) is 17.2 Å². The molecular formula is C16H15Cl2NO2S. The van der Waals surface area contributed by atoms with Gasteiger partial charge in [0.2, 0.25) is 0 Å². The fourth-order valence-corrected chi connectivity index (χ4v) is 3.90. The zero-order valence-electron chi connectivity index (χ0n) is 11.9. The van der Waals surface area contributed by atoms with Gasteiger partial charge in [-0.1, -0.05) is 41.4 Å². The number of rotatable bonds is 5. The van der Waals surface area contributed by atoms with Gasteiger partial charge in [0, 0.05) is 22.8 Å². The van der Waals surface area contributed by atoms with Gasteiger partial charge >= 0.3 is 0 Å². The van der Waals surface area contributed by atoms with Crippen LogP contribution in [0.4, 0.5) is 0 Å². The topological polar surface area (TPSA) is 46.2 Å². The van der Waals surface area contributed by atoms with Crippen molar-refractivity contribution in [2.75, 3.05) is 12.8 Å². The second-order valence-corrected chi connectivity index (χ2v) is 6.93. The summed E-state index contributed by atoms with van der Waals surface area (Å²) in [7, 11) is 0.235. The van der Waals surface area contributed by atoms with Gasteiger partial charge in [0.05, 0.1) is 21.3 Å². The molecule has 0 aliphatic rings. The zero-order valence-corrected chi connectivity index (χ0v) is 14.3. The fourth-order valence-electron chi connectivity index (χ4n) is 2.06. The second-order valence-electron chi connectivity index (χ2n) is 4.58. The van der Waals surface area contributed by atoms with Crippen molar-refractivity contribution < 1.29 is 9.00 Å². The second kappa shape index (κ2) is 7.77. The van der Waals surface area contributed by atoms with Crippen molar-refractivity contribution in [1.82, 2.24) is 5.32 Å². The van der Waals surface area contributed by atoms with Gasteiger partial charge in [0.25, 0.3) is 5.91 Å². The molecule has 0 bridgehead atoms. The molecule has 6 heteroatoms. The maximum Gasteiger partial charge on any atom is 0.252 e. The zero-order chi connectivity index (χ0) is 16.1. The maximum atomic E-state index is 12.5. The summed E-state index contributed by atoms with van der Waals surface area (Å²) in [5, 5.41) is 3.67. The highest BCUT2D eigenvalue weighted by molar-refractivity contribution is 7.85. The Hall–Kier alpha value is -1.36. The van der Waals surface area contributed by atoms with Gasteiger partial charge in [-0.15, -0.1) is 0 Å². The first-order chi connectivity index (χ1) is 10.5. The smallest absolute Gasteiger partial charge is 0.252 e. The molecule has 1 atom stereocenters. The van der Waals surface area contributed by atoms with E-state index in [4.69, 9.17) is 23.2 Å². The molecular weight excluding hydrogens is 341 g/mol. The first kappa shape index (κ1) is 17.0. The van der Waals surface area contributed by atoms with Crippen molar-refractivity contribution in [3.8, 4) is 0 Å². The molecule has 0 saturated heterocycles. The Morgan fingerprint density at radius 3 is 2.36 bits per heavy atom. The molecule has 0 aliphatic carbocycles. The van der Waals surface area contributed by atoms with Crippen LogP contribution in [0.3, 0.4) is 0 Å². The Balaban J connectivity index is 2.19. The molecule has 3 nitrogen and oxygen atoms in total. The summed E-state index contributed by atoms with van der Waals surface area (Å²) < 4.78 is 12.5. The number of hydrogen-bond donors (Lipinski definition) is 1. The molecule has 2 aromatic carbocycles. The first-order valence-electron chi connectivity index (χ1n) is 6.67. The van der Waals surface area contributed by atoms with Crippen LogP contribution in [0.5, 0.6) is 0 Å². The Morgan fingerprint density at radius 2 is 1.73 bits per heavy atom. The lowest BCUT2D eigenvalue weighted by Crippen LogP contribution is -2.20. The number of benzene rings is 2. The molecule has 0 heterocycles. The Labute approximate surface area is 142 Å². The van der Waals surface area contributed by atoms with Crippen LogP contribution in [0, 0.1) is 0 Å². The van der Waals surface area contributed by atoms with Gasteiger partial charge in [0.1, 0.15) is 0 Å². The highest BCUT2D eigenvalue weighted by atomic mass is 35.5. The molecule has 0 fully saturated rings. The van der Waals surface area contributed by atoms with E-state index in [1.807, 2.05) is 0 Å². The van der Waals surface area contributed by atoms with Gasteiger partial charge < -0.3 is 5.32 Å². The first-order valence-corrected chi connectivity index (χ1v) is 8.74. The highest BCUT2D eigenvalue weighted by Gasteiger charge is 2.15. The van der Waals surface area contributed by atoms with Crippen LogP contribution in [0.2, 0.25) is 10.0 Å². The summed E-state index contributed by atoms with van der Waals surface area (Å²) in [6.45, 7) is 0. The minimum absolute atomic E-state index is 0.250. The third kappa shape index (κ3) is 3.88. The number of hydrogen-bond acceptors (Lipinski definition) is 2. The van der Waals surface area contributed by atoms with Crippen molar-refractivity contribution in [3.05, 3.63) is 63.6 Å².